The third kappa shape index (κ3) is 1.59. The average molecular weight is 281 g/mol. The van der Waals surface area contributed by atoms with E-state index in [9.17, 15) is 0 Å². The molecule has 0 fully saturated rings. The van der Waals surface area contributed by atoms with Gasteiger partial charge in [-0.25, -0.2) is 0 Å². The first-order valence-electron chi connectivity index (χ1n) is 7.68. The van der Waals surface area contributed by atoms with Crippen LogP contribution in [0.15, 0.2) is 79.0 Å². The van der Waals surface area contributed by atoms with Crippen LogP contribution < -0.4 is 0 Å². The van der Waals surface area contributed by atoms with Crippen LogP contribution in [0.5, 0.6) is 0 Å². The molecule has 0 atom stereocenters. The first kappa shape index (κ1) is 11.8. The van der Waals surface area contributed by atoms with Crippen LogP contribution in [0.2, 0.25) is 0 Å². The molecule has 0 amide bonds. The van der Waals surface area contributed by atoms with Crippen LogP contribution in [-0.4, -0.2) is 4.57 Å². The van der Waals surface area contributed by atoms with Crippen molar-refractivity contribution in [3.05, 3.63) is 90.1 Å². The summed E-state index contributed by atoms with van der Waals surface area (Å²) in [6.07, 6.45) is 3.21. The van der Waals surface area contributed by atoms with Gasteiger partial charge in [0.1, 0.15) is 0 Å². The van der Waals surface area contributed by atoms with Gasteiger partial charge in [0, 0.05) is 17.3 Å². The van der Waals surface area contributed by atoms with Crippen LogP contribution in [0.4, 0.5) is 0 Å². The van der Waals surface area contributed by atoms with Gasteiger partial charge in [-0.2, -0.15) is 0 Å². The maximum atomic E-state index is 2.36. The molecule has 1 nitrogen and oxygen atoms in total. The minimum atomic E-state index is 1.04. The Morgan fingerprint density at radius 2 is 1.50 bits per heavy atom. The van der Waals surface area contributed by atoms with Crippen LogP contribution in [0.3, 0.4) is 0 Å². The maximum Gasteiger partial charge on any atom is 0.0531 e. The fourth-order valence-electron chi connectivity index (χ4n) is 3.58. The summed E-state index contributed by atoms with van der Waals surface area (Å²) in [5.74, 6) is 0. The minimum absolute atomic E-state index is 1.04. The average Bonchev–Trinajstić information content (AvgIpc) is 3.14. The van der Waals surface area contributed by atoms with Crippen molar-refractivity contribution in [1.29, 1.82) is 0 Å². The summed E-state index contributed by atoms with van der Waals surface area (Å²) in [6.45, 7) is 0. The van der Waals surface area contributed by atoms with Gasteiger partial charge >= 0.3 is 0 Å². The molecule has 1 aliphatic carbocycles. The molecule has 0 bridgehead atoms. The van der Waals surface area contributed by atoms with E-state index in [1.807, 2.05) is 0 Å². The Kier molecular flexibility index (Phi) is 2.33. The summed E-state index contributed by atoms with van der Waals surface area (Å²) in [7, 11) is 0. The van der Waals surface area contributed by atoms with E-state index in [-0.39, 0.29) is 0 Å². The zero-order valence-corrected chi connectivity index (χ0v) is 12.2. The molecule has 104 valence electrons. The normalized spacial score (nSPS) is 12.4. The Labute approximate surface area is 129 Å². The number of aromatic nitrogens is 1. The third-order valence-electron chi connectivity index (χ3n) is 4.64. The van der Waals surface area contributed by atoms with Crippen molar-refractivity contribution in [1.82, 2.24) is 4.57 Å². The molecule has 5 rings (SSSR count). The minimum Gasteiger partial charge on any atom is -0.317 e. The summed E-state index contributed by atoms with van der Waals surface area (Å²) in [4.78, 5) is 0. The van der Waals surface area contributed by atoms with Gasteiger partial charge in [-0.3, -0.25) is 0 Å². The van der Waals surface area contributed by atoms with Crippen LogP contribution in [0, 0.1) is 0 Å². The van der Waals surface area contributed by atoms with Gasteiger partial charge in [-0.05, 0) is 59.0 Å². The monoisotopic (exact) mass is 281 g/mol. The summed E-state index contributed by atoms with van der Waals surface area (Å²) >= 11 is 0. The Balaban J connectivity index is 1.75. The van der Waals surface area contributed by atoms with Crippen LogP contribution in [-0.2, 0) is 6.42 Å². The highest BCUT2D eigenvalue weighted by atomic mass is 15.0. The molecule has 4 aromatic rings. The molecule has 0 unspecified atom stereocenters. The highest BCUT2D eigenvalue weighted by Crippen LogP contribution is 2.39. The summed E-state index contributed by atoms with van der Waals surface area (Å²) in [5, 5.41) is 1.30. The predicted octanol–water partition coefficient (Wildman–Crippen LogP) is 5.20. The Bertz CT molecular complexity index is 993. The first-order chi connectivity index (χ1) is 10.9. The summed E-state index contributed by atoms with van der Waals surface area (Å²) < 4.78 is 2.28. The Morgan fingerprint density at radius 1 is 0.682 bits per heavy atom. The second-order valence-electron chi connectivity index (χ2n) is 5.92. The van der Waals surface area contributed by atoms with E-state index >= 15 is 0 Å². The van der Waals surface area contributed by atoms with Crippen molar-refractivity contribution >= 4 is 10.9 Å². The van der Waals surface area contributed by atoms with E-state index in [0.717, 1.165) is 6.42 Å². The van der Waals surface area contributed by atoms with Crippen molar-refractivity contribution in [3.8, 4) is 16.8 Å². The number of benzene rings is 3. The van der Waals surface area contributed by atoms with Crippen molar-refractivity contribution in [2.75, 3.05) is 0 Å². The van der Waals surface area contributed by atoms with Crippen molar-refractivity contribution < 1.29 is 0 Å². The van der Waals surface area contributed by atoms with E-state index in [1.54, 1.807) is 0 Å². The van der Waals surface area contributed by atoms with E-state index in [2.05, 4.69) is 83.6 Å². The standard InChI is InChI=1S/C21H15N/c1-2-7-18(8-3-1)22-11-10-16-13-20-17(14-21(16)22)12-15-6-4-5-9-19(15)20/h1-11,13-14H,12H2. The molecule has 0 radical (unpaired) electrons. The van der Waals surface area contributed by atoms with Gasteiger partial charge < -0.3 is 4.57 Å². The zero-order chi connectivity index (χ0) is 14.5. The number of nitrogens with zero attached hydrogens (tertiary/aromatic N) is 1. The van der Waals surface area contributed by atoms with E-state index < -0.39 is 0 Å². The third-order valence-corrected chi connectivity index (χ3v) is 4.64. The largest absolute Gasteiger partial charge is 0.317 e. The number of hydrogen-bond acceptors (Lipinski definition) is 0. The van der Waals surface area contributed by atoms with Gasteiger partial charge in [0.05, 0.1) is 5.52 Å². The highest BCUT2D eigenvalue weighted by Gasteiger charge is 2.19. The van der Waals surface area contributed by atoms with Gasteiger partial charge in [0.2, 0.25) is 0 Å². The lowest BCUT2D eigenvalue weighted by Gasteiger charge is -2.07. The molecule has 0 saturated carbocycles. The van der Waals surface area contributed by atoms with E-state index in [1.165, 1.54) is 38.8 Å². The van der Waals surface area contributed by atoms with Gasteiger partial charge in [-0.1, -0.05) is 42.5 Å². The topological polar surface area (TPSA) is 4.93 Å². The molecule has 0 aliphatic heterocycles. The molecule has 1 heterocycles. The first-order valence-corrected chi connectivity index (χ1v) is 7.68. The molecular formula is C21H15N. The molecule has 3 aromatic carbocycles. The smallest absolute Gasteiger partial charge is 0.0531 e. The second-order valence-corrected chi connectivity index (χ2v) is 5.92. The SMILES string of the molecule is c1ccc(-n2ccc3cc4c(cc32)Cc2ccccc2-4)cc1. The van der Waals surface area contributed by atoms with E-state index in [0.29, 0.717) is 0 Å². The molecule has 22 heavy (non-hydrogen) atoms. The summed E-state index contributed by atoms with van der Waals surface area (Å²) in [6, 6.07) is 26.2. The summed E-state index contributed by atoms with van der Waals surface area (Å²) in [5.41, 5.74) is 8.17. The molecule has 1 aliphatic rings. The zero-order valence-electron chi connectivity index (χ0n) is 12.2. The second kappa shape index (κ2) is 4.35. The number of fused-ring (bicyclic) bond motifs is 4. The number of rotatable bonds is 1. The van der Waals surface area contributed by atoms with Gasteiger partial charge in [0.15, 0.2) is 0 Å². The fourth-order valence-corrected chi connectivity index (χ4v) is 3.58. The Hall–Kier alpha value is -2.80. The number of hydrogen-bond donors (Lipinski definition) is 0. The van der Waals surface area contributed by atoms with Crippen molar-refractivity contribution in [2.24, 2.45) is 0 Å². The predicted molar refractivity (Wildman–Crippen MR) is 91.5 cm³/mol. The van der Waals surface area contributed by atoms with Crippen LogP contribution >= 0.6 is 0 Å². The lowest BCUT2D eigenvalue weighted by molar-refractivity contribution is 1.12. The lowest BCUT2D eigenvalue weighted by atomic mass is 10.0. The van der Waals surface area contributed by atoms with Crippen LogP contribution in [0.25, 0.3) is 27.7 Å². The number of para-hydroxylation sites is 1. The lowest BCUT2D eigenvalue weighted by Crippen LogP contribution is -1.92. The molecule has 0 saturated heterocycles. The quantitative estimate of drug-likeness (QED) is 0.398. The molecule has 1 heteroatoms. The fraction of sp³-hybridized carbons (Fsp3) is 0.0476. The van der Waals surface area contributed by atoms with Crippen molar-refractivity contribution in [2.45, 2.75) is 6.42 Å². The molecule has 0 N–H and O–H groups in total. The van der Waals surface area contributed by atoms with Crippen LogP contribution in [0.1, 0.15) is 11.1 Å². The van der Waals surface area contributed by atoms with Gasteiger partial charge in [-0.15, -0.1) is 0 Å². The van der Waals surface area contributed by atoms with Gasteiger partial charge in [0.25, 0.3) is 0 Å². The Morgan fingerprint density at radius 3 is 2.41 bits per heavy atom. The highest BCUT2D eigenvalue weighted by molar-refractivity contribution is 5.91. The maximum absolute atomic E-state index is 2.36. The van der Waals surface area contributed by atoms with E-state index in [4.69, 9.17) is 0 Å². The molecule has 1 aromatic heterocycles. The molecule has 0 spiro atoms. The van der Waals surface area contributed by atoms with Crippen molar-refractivity contribution in [3.63, 3.8) is 0 Å². The molecular weight excluding hydrogens is 266 g/mol.